The van der Waals surface area contributed by atoms with E-state index in [0.717, 1.165) is 141 Å². The molecule has 19 atom stereocenters. The SMILES string of the molecule is CCCCCC/C=C\CCCCCCCCCC(=O)OC(COC(=O)CCCCCCCCCCCCCCCCCC)COP(=O)(O)OC1C(OC2OC(CO)C(O)C(O)C2O)C(O)C(O)C(OC(=O)CCCCCCCCC(C)CCCCCCCC)C1OC1OC(COC(=O)CCCCCCCCCCCCCCC)C(O)C(O)C1O. The molecule has 19 unspecified atom stereocenters. The Morgan fingerprint density at radius 3 is 1.09 bits per heavy atom. The summed E-state index contributed by atoms with van der Waals surface area (Å²) in [6.45, 7) is 7.91. The first-order valence-electron chi connectivity index (χ1n) is 48.3. The molecule has 1 saturated carbocycles. The lowest BCUT2D eigenvalue weighted by Gasteiger charge is -2.50. The highest BCUT2D eigenvalue weighted by molar-refractivity contribution is 7.47. The Morgan fingerprint density at radius 2 is 0.681 bits per heavy atom. The number of phosphoric ester groups is 1. The van der Waals surface area contributed by atoms with E-state index in [2.05, 4.69) is 46.8 Å². The molecular weight excluding hydrogens is 1550 g/mol. The fourth-order valence-corrected chi connectivity index (χ4v) is 17.1. The number of esters is 4. The van der Waals surface area contributed by atoms with Crippen LogP contribution in [0.2, 0.25) is 0 Å². The summed E-state index contributed by atoms with van der Waals surface area (Å²) in [5.41, 5.74) is 0. The Morgan fingerprint density at radius 1 is 0.353 bits per heavy atom. The highest BCUT2D eigenvalue weighted by Crippen LogP contribution is 2.49. The fourth-order valence-electron chi connectivity index (χ4n) is 16.1. The summed E-state index contributed by atoms with van der Waals surface area (Å²) in [6.07, 6.45) is 29.1. The smallest absolute Gasteiger partial charge is 0.463 e. The van der Waals surface area contributed by atoms with E-state index in [1.165, 1.54) is 180 Å². The number of rotatable bonds is 78. The molecule has 1 aliphatic carbocycles. The van der Waals surface area contributed by atoms with Gasteiger partial charge in [-0.3, -0.25) is 28.2 Å². The van der Waals surface area contributed by atoms with Crippen molar-refractivity contribution in [3.63, 3.8) is 0 Å². The van der Waals surface area contributed by atoms with E-state index in [1.807, 2.05) is 0 Å². The lowest BCUT2D eigenvalue weighted by molar-refractivity contribution is -0.360. The average Bonchev–Trinajstić information content (AvgIpc) is 0.754. The summed E-state index contributed by atoms with van der Waals surface area (Å²) < 4.78 is 73.6. The molecule has 3 fully saturated rings. The van der Waals surface area contributed by atoms with Crippen molar-refractivity contribution < 1.29 is 122 Å². The lowest BCUT2D eigenvalue weighted by Crippen LogP contribution is -2.70. The summed E-state index contributed by atoms with van der Waals surface area (Å²) in [4.78, 5) is 66.6. The van der Waals surface area contributed by atoms with E-state index in [1.54, 1.807) is 0 Å². The van der Waals surface area contributed by atoms with Gasteiger partial charge < -0.3 is 88.7 Å². The molecule has 25 nitrogen and oxygen atoms in total. The number of hydrogen-bond acceptors (Lipinski definition) is 24. The monoisotopic (exact) mass is 1720 g/mol. The van der Waals surface area contributed by atoms with Crippen LogP contribution in [0.5, 0.6) is 0 Å². The van der Waals surface area contributed by atoms with Gasteiger partial charge in [0.05, 0.1) is 13.2 Å². The molecule has 0 radical (unpaired) electrons. The van der Waals surface area contributed by atoms with Crippen molar-refractivity contribution in [1.82, 2.24) is 0 Å². The Kier molecular flexibility index (Phi) is 66.1. The van der Waals surface area contributed by atoms with E-state index >= 15 is 0 Å². The molecule has 2 saturated heterocycles. The number of phosphoric acid groups is 1. The first kappa shape index (κ1) is 110. The second-order valence-corrected chi connectivity index (χ2v) is 36.3. The summed E-state index contributed by atoms with van der Waals surface area (Å²) in [5, 5.41) is 102. The third-order valence-electron chi connectivity index (χ3n) is 23.9. The summed E-state index contributed by atoms with van der Waals surface area (Å²) in [5.74, 6) is -2.33. The molecule has 0 bridgehead atoms. The maximum Gasteiger partial charge on any atom is 0.472 e. The Balaban J connectivity index is 1.92. The van der Waals surface area contributed by atoms with Gasteiger partial charge in [-0.25, -0.2) is 4.57 Å². The minimum absolute atomic E-state index is 0.0179. The number of ether oxygens (including phenoxy) is 8. The largest absolute Gasteiger partial charge is 0.472 e. The van der Waals surface area contributed by atoms with Gasteiger partial charge in [0.2, 0.25) is 0 Å². The van der Waals surface area contributed by atoms with Crippen LogP contribution in [0.4, 0.5) is 0 Å². The summed E-state index contributed by atoms with van der Waals surface area (Å²) >= 11 is 0. The van der Waals surface area contributed by atoms with Crippen LogP contribution in [-0.4, -0.2) is 205 Å². The zero-order valence-electron chi connectivity index (χ0n) is 74.8. The fraction of sp³-hybridized carbons (Fsp3) is 0.935. The second-order valence-electron chi connectivity index (χ2n) is 34.9. The van der Waals surface area contributed by atoms with Crippen molar-refractivity contribution in [1.29, 1.82) is 0 Å². The molecule has 3 aliphatic rings. The van der Waals surface area contributed by atoms with Gasteiger partial charge in [0.1, 0.15) is 92.6 Å². The summed E-state index contributed by atoms with van der Waals surface area (Å²) in [7, 11) is -5.81. The first-order valence-corrected chi connectivity index (χ1v) is 49.8. The summed E-state index contributed by atoms with van der Waals surface area (Å²) in [6, 6.07) is 0. The highest BCUT2D eigenvalue weighted by atomic mass is 31.2. The second kappa shape index (κ2) is 71.3. The highest BCUT2D eigenvalue weighted by Gasteiger charge is 2.60. The third kappa shape index (κ3) is 51.6. The number of hydrogen-bond donors (Lipinski definition) is 10. The van der Waals surface area contributed by atoms with Crippen molar-refractivity contribution in [2.75, 3.05) is 26.4 Å². The Hall–Kier alpha value is -2.79. The van der Waals surface area contributed by atoms with Crippen molar-refractivity contribution in [3.05, 3.63) is 12.2 Å². The average molecular weight is 1720 g/mol. The van der Waals surface area contributed by atoms with E-state index < -0.39 is 162 Å². The van der Waals surface area contributed by atoms with Gasteiger partial charge >= 0.3 is 31.7 Å². The van der Waals surface area contributed by atoms with Crippen LogP contribution in [0.3, 0.4) is 0 Å². The number of carbonyl (C=O) groups is 4. The standard InChI is InChI=1S/C93H173O25P/c1-6-10-14-18-22-25-28-31-33-35-37-40-42-45-52-58-64-76(95)109-69-73(112-78(97)66-60-54-47-44-41-38-34-32-29-26-23-19-15-11-7-2)70-111-119(107,108)118-91-89(116-92-86(105)82(101)80(99)74(68-94)113-92)85(104)84(103)88(115-79(98)67-61-55-49-48-51-57-63-72(5)62-56-50-21-17-13-9-4)90(91)117-93-87(106)83(102)81(100)75(114-93)71-110-77(96)65-59-53-46-43-39-36-30-27-24-20-16-12-8-3/h26,29,72-75,80-94,99-106H,6-25,27-28,30-71H2,1-5H3,(H,107,108)/b29-26-. The molecule has 0 aromatic rings. The quantitative estimate of drug-likeness (QED) is 0.00889. The van der Waals surface area contributed by atoms with Crippen LogP contribution in [0, 0.1) is 5.92 Å². The van der Waals surface area contributed by atoms with Crippen LogP contribution < -0.4 is 0 Å². The van der Waals surface area contributed by atoms with Gasteiger partial charge in [0, 0.05) is 25.7 Å². The van der Waals surface area contributed by atoms with E-state index in [9.17, 15) is 74.6 Å². The van der Waals surface area contributed by atoms with Crippen LogP contribution in [0.25, 0.3) is 0 Å². The molecule has 119 heavy (non-hydrogen) atoms. The van der Waals surface area contributed by atoms with Gasteiger partial charge in [-0.05, 0) is 57.3 Å². The van der Waals surface area contributed by atoms with Crippen LogP contribution in [0.15, 0.2) is 12.2 Å². The maximum absolute atomic E-state index is 14.9. The third-order valence-corrected chi connectivity index (χ3v) is 24.9. The molecule has 0 aromatic heterocycles. The van der Waals surface area contributed by atoms with Gasteiger partial charge in [0.25, 0.3) is 0 Å². The first-order chi connectivity index (χ1) is 57.6. The topological polar surface area (TPSA) is 380 Å². The van der Waals surface area contributed by atoms with Crippen molar-refractivity contribution >= 4 is 31.7 Å². The molecule has 700 valence electrons. The zero-order chi connectivity index (χ0) is 86.9. The van der Waals surface area contributed by atoms with E-state index in [-0.39, 0.29) is 25.7 Å². The molecule has 10 N–H and O–H groups in total. The van der Waals surface area contributed by atoms with Gasteiger partial charge in [-0.1, -0.05) is 355 Å². The number of aliphatic hydroxyl groups excluding tert-OH is 9. The van der Waals surface area contributed by atoms with Crippen molar-refractivity contribution in [3.8, 4) is 0 Å². The maximum atomic E-state index is 14.9. The predicted octanol–water partition coefficient (Wildman–Crippen LogP) is 18.2. The molecule has 26 heteroatoms. The lowest BCUT2D eigenvalue weighted by atomic mass is 9.84. The predicted molar refractivity (Wildman–Crippen MR) is 463 cm³/mol. The van der Waals surface area contributed by atoms with Crippen molar-refractivity contribution in [2.45, 2.75) is 524 Å². The van der Waals surface area contributed by atoms with Gasteiger partial charge in [0.15, 0.2) is 24.8 Å². The zero-order valence-corrected chi connectivity index (χ0v) is 75.7. The van der Waals surface area contributed by atoms with Crippen molar-refractivity contribution in [2.24, 2.45) is 5.92 Å². The van der Waals surface area contributed by atoms with Crippen LogP contribution in [-0.2, 0) is 70.7 Å². The molecular formula is C93H173O25P. The minimum atomic E-state index is -5.81. The molecule has 0 amide bonds. The van der Waals surface area contributed by atoms with E-state index in [0.29, 0.717) is 44.4 Å². The molecule has 2 aliphatic heterocycles. The van der Waals surface area contributed by atoms with E-state index in [4.69, 9.17) is 46.9 Å². The van der Waals surface area contributed by atoms with Crippen LogP contribution >= 0.6 is 7.82 Å². The number of unbranched alkanes of at least 4 members (excludes halogenated alkanes) is 48. The minimum Gasteiger partial charge on any atom is -0.463 e. The number of carbonyl (C=O) groups excluding carboxylic acids is 4. The number of allylic oxidation sites excluding steroid dienone is 2. The van der Waals surface area contributed by atoms with Gasteiger partial charge in [-0.15, -0.1) is 0 Å². The Bertz CT molecular complexity index is 2530. The molecule has 3 rings (SSSR count). The molecule has 0 aromatic carbocycles. The Labute approximate surface area is 718 Å². The number of aliphatic hydroxyl groups is 9. The van der Waals surface area contributed by atoms with Crippen LogP contribution in [0.1, 0.15) is 420 Å². The normalized spacial score (nSPS) is 25.1. The molecule has 2 heterocycles. The van der Waals surface area contributed by atoms with Gasteiger partial charge in [-0.2, -0.15) is 0 Å². The molecule has 0 spiro atoms.